The number of anilines is 1. The van der Waals surface area contributed by atoms with Crippen LogP contribution in [0.3, 0.4) is 0 Å². The lowest BCUT2D eigenvalue weighted by molar-refractivity contribution is -0.119. The van der Waals surface area contributed by atoms with Gasteiger partial charge in [0.2, 0.25) is 0 Å². The zero-order valence-electron chi connectivity index (χ0n) is 19.2. The molecule has 0 saturated carbocycles. The molecule has 0 radical (unpaired) electrons. The molecule has 6 rings (SSSR count). The number of nitrogens with one attached hydrogen (secondary N) is 2. The summed E-state index contributed by atoms with van der Waals surface area (Å²) in [7, 11) is 0. The van der Waals surface area contributed by atoms with Gasteiger partial charge < -0.3 is 10.6 Å². The van der Waals surface area contributed by atoms with Gasteiger partial charge in [0.05, 0.1) is 17.1 Å². The van der Waals surface area contributed by atoms with Gasteiger partial charge in [0.15, 0.2) is 5.69 Å². The van der Waals surface area contributed by atoms with E-state index in [1.54, 1.807) is 0 Å². The van der Waals surface area contributed by atoms with Crippen molar-refractivity contribution in [3.63, 3.8) is 0 Å². The number of hydrogen-bond donors (Lipinski definition) is 2. The van der Waals surface area contributed by atoms with Crippen LogP contribution in [0.2, 0.25) is 0 Å². The predicted molar refractivity (Wildman–Crippen MR) is 134 cm³/mol. The van der Waals surface area contributed by atoms with E-state index >= 15 is 0 Å². The Morgan fingerprint density at radius 3 is 2.80 bits per heavy atom. The highest BCUT2D eigenvalue weighted by atomic mass is 16.2. The number of azo groups is 1. The van der Waals surface area contributed by atoms with Crippen LogP contribution in [-0.4, -0.2) is 34.7 Å². The Hall–Kier alpha value is -4.17. The molecule has 174 valence electrons. The summed E-state index contributed by atoms with van der Waals surface area (Å²) < 4.78 is 1.94. The molecule has 1 saturated heterocycles. The van der Waals surface area contributed by atoms with Gasteiger partial charge in [0.25, 0.3) is 11.8 Å². The fourth-order valence-corrected chi connectivity index (χ4v) is 4.77. The summed E-state index contributed by atoms with van der Waals surface area (Å²) in [5, 5.41) is 19.8. The summed E-state index contributed by atoms with van der Waals surface area (Å²) in [6.45, 7) is 4.69. The van der Waals surface area contributed by atoms with Gasteiger partial charge in [-0.3, -0.25) is 14.3 Å². The van der Waals surface area contributed by atoms with Crippen molar-refractivity contribution in [2.75, 3.05) is 18.4 Å². The highest BCUT2D eigenvalue weighted by Crippen LogP contribution is 2.36. The topological polar surface area (TPSA) is 101 Å². The average molecular weight is 465 g/mol. The van der Waals surface area contributed by atoms with Crippen molar-refractivity contribution in [2.45, 2.75) is 13.5 Å². The van der Waals surface area contributed by atoms with E-state index in [0.717, 1.165) is 47.2 Å². The lowest BCUT2D eigenvalue weighted by Gasteiger charge is -2.27. The average Bonchev–Trinajstić information content (AvgIpc) is 3.21. The van der Waals surface area contributed by atoms with Crippen molar-refractivity contribution in [2.24, 2.45) is 22.1 Å². The largest absolute Gasteiger partial charge is 0.321 e. The third-order valence-corrected chi connectivity index (χ3v) is 6.72. The molecule has 2 amide bonds. The van der Waals surface area contributed by atoms with Crippen LogP contribution in [0.1, 0.15) is 21.6 Å². The SMILES string of the molecule is Cc1cc(NC(=O)c2nn(CC3CNC3)c3ccccc23)ccc1C1=C2C=CC=CC2C(=O)N=N1. The fraction of sp³-hybridized carbons (Fsp3) is 0.222. The van der Waals surface area contributed by atoms with Crippen molar-refractivity contribution in [1.29, 1.82) is 0 Å². The van der Waals surface area contributed by atoms with Crippen LogP contribution >= 0.6 is 0 Å². The van der Waals surface area contributed by atoms with Gasteiger partial charge in [0, 0.05) is 42.2 Å². The van der Waals surface area contributed by atoms with Gasteiger partial charge in [0.1, 0.15) is 0 Å². The molecule has 2 aliphatic heterocycles. The third-order valence-electron chi connectivity index (χ3n) is 6.72. The molecule has 8 nitrogen and oxygen atoms in total. The zero-order valence-corrected chi connectivity index (χ0v) is 19.2. The first-order valence-electron chi connectivity index (χ1n) is 11.7. The van der Waals surface area contributed by atoms with Crippen molar-refractivity contribution in [3.8, 4) is 0 Å². The second kappa shape index (κ2) is 8.56. The van der Waals surface area contributed by atoms with E-state index in [2.05, 4.69) is 26.0 Å². The Balaban J connectivity index is 1.28. The third kappa shape index (κ3) is 3.81. The molecular weight excluding hydrogens is 440 g/mol. The normalized spacial score (nSPS) is 19.2. The minimum atomic E-state index is -0.398. The van der Waals surface area contributed by atoms with E-state index in [9.17, 15) is 9.59 Å². The number of hydrogen-bond acceptors (Lipinski definition) is 5. The summed E-state index contributed by atoms with van der Waals surface area (Å²) in [6.07, 6.45) is 7.50. The molecule has 3 aliphatic rings. The number of carbonyl (C=O) groups excluding carboxylic acids is 2. The van der Waals surface area contributed by atoms with Gasteiger partial charge in [-0.1, -0.05) is 48.6 Å². The molecule has 2 aromatic carbocycles. The lowest BCUT2D eigenvalue weighted by atomic mass is 9.88. The van der Waals surface area contributed by atoms with E-state index in [1.165, 1.54) is 0 Å². The maximum absolute atomic E-state index is 13.2. The van der Waals surface area contributed by atoms with Crippen LogP contribution in [0.4, 0.5) is 5.69 Å². The minimum absolute atomic E-state index is 0.246. The molecule has 2 N–H and O–H groups in total. The zero-order chi connectivity index (χ0) is 23.9. The van der Waals surface area contributed by atoms with Crippen molar-refractivity contribution in [3.05, 3.63) is 89.2 Å². The summed E-state index contributed by atoms with van der Waals surface area (Å²) in [5.41, 5.74) is 5.37. The number of aromatic nitrogens is 2. The molecule has 3 heterocycles. The summed E-state index contributed by atoms with van der Waals surface area (Å²) in [4.78, 5) is 25.4. The molecule has 0 spiro atoms. The molecule has 1 aliphatic carbocycles. The van der Waals surface area contributed by atoms with Crippen LogP contribution in [0.25, 0.3) is 16.6 Å². The highest BCUT2D eigenvalue weighted by molar-refractivity contribution is 6.11. The summed E-state index contributed by atoms with van der Waals surface area (Å²) >= 11 is 0. The number of para-hydroxylation sites is 1. The van der Waals surface area contributed by atoms with Crippen LogP contribution in [-0.2, 0) is 11.3 Å². The molecule has 1 unspecified atom stereocenters. The number of nitrogens with zero attached hydrogens (tertiary/aromatic N) is 4. The Morgan fingerprint density at radius 1 is 1.14 bits per heavy atom. The molecule has 1 fully saturated rings. The molecule has 0 bridgehead atoms. The van der Waals surface area contributed by atoms with E-state index in [-0.39, 0.29) is 11.8 Å². The van der Waals surface area contributed by atoms with Crippen LogP contribution in [0, 0.1) is 18.8 Å². The van der Waals surface area contributed by atoms with Gasteiger partial charge in [-0.15, -0.1) is 10.2 Å². The first-order valence-corrected chi connectivity index (χ1v) is 11.7. The number of benzene rings is 2. The number of allylic oxidation sites excluding steroid dienone is 3. The quantitative estimate of drug-likeness (QED) is 0.589. The van der Waals surface area contributed by atoms with E-state index in [1.807, 2.05) is 78.4 Å². The molecule has 8 heteroatoms. The second-order valence-electron chi connectivity index (χ2n) is 9.12. The van der Waals surface area contributed by atoms with Gasteiger partial charge >= 0.3 is 0 Å². The monoisotopic (exact) mass is 464 g/mol. The van der Waals surface area contributed by atoms with Crippen LogP contribution < -0.4 is 10.6 Å². The first kappa shape index (κ1) is 21.4. The smallest absolute Gasteiger partial charge is 0.276 e. The van der Waals surface area contributed by atoms with Crippen LogP contribution in [0.15, 0.2) is 82.6 Å². The Bertz CT molecular complexity index is 1490. The van der Waals surface area contributed by atoms with E-state index in [4.69, 9.17) is 0 Å². The summed E-state index contributed by atoms with van der Waals surface area (Å²) in [6, 6.07) is 13.5. The predicted octanol–water partition coefficient (Wildman–Crippen LogP) is 4.26. The number of carbonyl (C=O) groups is 2. The van der Waals surface area contributed by atoms with Crippen molar-refractivity contribution < 1.29 is 9.59 Å². The van der Waals surface area contributed by atoms with Crippen LogP contribution in [0.5, 0.6) is 0 Å². The van der Waals surface area contributed by atoms with Crippen molar-refractivity contribution in [1.82, 2.24) is 15.1 Å². The Labute approximate surface area is 202 Å². The van der Waals surface area contributed by atoms with E-state index in [0.29, 0.717) is 23.0 Å². The second-order valence-corrected chi connectivity index (χ2v) is 9.12. The fourth-order valence-electron chi connectivity index (χ4n) is 4.77. The maximum Gasteiger partial charge on any atom is 0.276 e. The molecule has 1 atom stereocenters. The summed E-state index contributed by atoms with van der Waals surface area (Å²) in [5.74, 6) is -0.373. The van der Waals surface area contributed by atoms with E-state index < -0.39 is 5.92 Å². The number of rotatable bonds is 5. The number of fused-ring (bicyclic) bond motifs is 2. The minimum Gasteiger partial charge on any atom is -0.321 e. The Morgan fingerprint density at radius 2 is 2.00 bits per heavy atom. The van der Waals surface area contributed by atoms with Gasteiger partial charge in [-0.05, 0) is 36.3 Å². The highest BCUT2D eigenvalue weighted by Gasteiger charge is 2.28. The molecule has 3 aromatic rings. The lowest BCUT2D eigenvalue weighted by Crippen LogP contribution is -2.44. The van der Waals surface area contributed by atoms with Gasteiger partial charge in [-0.2, -0.15) is 5.10 Å². The number of aryl methyl sites for hydroxylation is 1. The Kier molecular flexibility index (Phi) is 5.22. The van der Waals surface area contributed by atoms with Gasteiger partial charge in [-0.25, -0.2) is 0 Å². The first-order chi connectivity index (χ1) is 17.1. The number of amides is 2. The maximum atomic E-state index is 13.2. The molecule has 35 heavy (non-hydrogen) atoms. The standard InChI is InChI=1S/C27H24N6O2/c1-16-12-18(10-11-19(16)24-20-6-2-3-7-21(20)26(34)31-30-24)29-27(35)25-22-8-4-5-9-23(22)33(32-25)15-17-13-28-14-17/h2-12,17,21,28H,13-15H2,1H3,(H,29,35). The molecule has 1 aromatic heterocycles. The van der Waals surface area contributed by atoms with Crippen molar-refractivity contribution >= 4 is 34.1 Å². The molecular formula is C27H24N6O2.